The van der Waals surface area contributed by atoms with Crippen molar-refractivity contribution in [2.75, 3.05) is 0 Å². The Hall–Kier alpha value is -1.11. The average Bonchev–Trinajstić information content (AvgIpc) is 2.53. The third-order valence-electron chi connectivity index (χ3n) is 1.89. The van der Waals surface area contributed by atoms with Crippen molar-refractivity contribution in [3.63, 3.8) is 0 Å². The molecule has 0 aliphatic heterocycles. The van der Waals surface area contributed by atoms with E-state index in [2.05, 4.69) is 12.2 Å². The quantitative estimate of drug-likeness (QED) is 0.581. The van der Waals surface area contributed by atoms with Gasteiger partial charge in [-0.3, -0.25) is 0 Å². The summed E-state index contributed by atoms with van der Waals surface area (Å²) in [5.41, 5.74) is 2.75. The number of hydrogen-bond acceptors (Lipinski definition) is 1. The van der Waals surface area contributed by atoms with Crippen molar-refractivity contribution in [1.82, 2.24) is 0 Å². The Balaban J connectivity index is 2.77. The summed E-state index contributed by atoms with van der Waals surface area (Å²) in [5, 5.41) is 7.70. The van der Waals surface area contributed by atoms with Crippen LogP contribution in [0, 0.1) is 5.41 Å². The Morgan fingerprint density at radius 2 is 2.36 bits per heavy atom. The third-order valence-corrected chi connectivity index (χ3v) is 1.89. The van der Waals surface area contributed by atoms with Crippen molar-refractivity contribution in [2.24, 2.45) is 0 Å². The predicted molar refractivity (Wildman–Crippen MR) is 49.0 cm³/mol. The van der Waals surface area contributed by atoms with E-state index in [0.29, 0.717) is 5.71 Å². The summed E-state index contributed by atoms with van der Waals surface area (Å²) in [5.74, 6) is 0. The number of nitrogens with one attached hydrogen (secondary N) is 1. The Labute approximate surface area is 67.6 Å². The fourth-order valence-electron chi connectivity index (χ4n) is 1.02. The first-order valence-electron chi connectivity index (χ1n) is 3.84. The van der Waals surface area contributed by atoms with E-state index in [9.17, 15) is 0 Å². The molecule has 0 saturated carbocycles. The Morgan fingerprint density at radius 1 is 1.64 bits per heavy atom. The summed E-state index contributed by atoms with van der Waals surface area (Å²) >= 11 is 0. The van der Waals surface area contributed by atoms with Gasteiger partial charge in [0.05, 0.1) is 5.71 Å². The van der Waals surface area contributed by atoms with Gasteiger partial charge in [-0.25, -0.2) is 0 Å². The van der Waals surface area contributed by atoms with Crippen LogP contribution in [0.3, 0.4) is 0 Å². The monoisotopic (exact) mass is 147 g/mol. The Kier molecular flexibility index (Phi) is 2.42. The fourth-order valence-corrected chi connectivity index (χ4v) is 1.02. The first-order valence-corrected chi connectivity index (χ1v) is 3.84. The normalized spacial score (nSPS) is 16.9. The van der Waals surface area contributed by atoms with Crippen LogP contribution in [0.5, 0.6) is 0 Å². The smallest absolute Gasteiger partial charge is 0.0634 e. The highest BCUT2D eigenvalue weighted by atomic mass is 14.4. The van der Waals surface area contributed by atoms with Crippen LogP contribution in [-0.2, 0) is 0 Å². The minimum absolute atomic E-state index is 0.654. The van der Waals surface area contributed by atoms with Crippen LogP contribution in [0.25, 0.3) is 0 Å². The molecule has 1 aliphatic rings. The van der Waals surface area contributed by atoms with Crippen LogP contribution in [-0.4, -0.2) is 5.71 Å². The van der Waals surface area contributed by atoms with Crippen LogP contribution < -0.4 is 0 Å². The van der Waals surface area contributed by atoms with E-state index in [-0.39, 0.29) is 0 Å². The molecule has 1 rings (SSSR count). The van der Waals surface area contributed by atoms with E-state index in [1.807, 2.05) is 26.0 Å². The summed E-state index contributed by atoms with van der Waals surface area (Å²) in [6, 6.07) is 0. The molecule has 0 spiro atoms. The predicted octanol–water partition coefficient (Wildman–Crippen LogP) is 2.86. The zero-order valence-electron chi connectivity index (χ0n) is 7.02. The molecule has 1 N–H and O–H groups in total. The zero-order chi connectivity index (χ0) is 8.27. The molecular weight excluding hydrogens is 134 g/mol. The largest absolute Gasteiger partial charge is 0.300 e. The fraction of sp³-hybridized carbons (Fsp3) is 0.300. The lowest BCUT2D eigenvalue weighted by atomic mass is 10.1. The van der Waals surface area contributed by atoms with Crippen molar-refractivity contribution in [3.05, 3.63) is 35.5 Å². The first-order chi connectivity index (χ1) is 5.25. The van der Waals surface area contributed by atoms with Crippen LogP contribution in [0.15, 0.2) is 35.5 Å². The Bertz CT molecular complexity index is 254. The second kappa shape index (κ2) is 3.33. The van der Waals surface area contributed by atoms with Gasteiger partial charge in [0.2, 0.25) is 0 Å². The molecule has 0 bridgehead atoms. The van der Waals surface area contributed by atoms with Gasteiger partial charge in [0.1, 0.15) is 0 Å². The molecule has 0 heterocycles. The molecule has 11 heavy (non-hydrogen) atoms. The van der Waals surface area contributed by atoms with Crippen LogP contribution >= 0.6 is 0 Å². The lowest BCUT2D eigenvalue weighted by Crippen LogP contribution is -1.98. The minimum atomic E-state index is 0.654. The van der Waals surface area contributed by atoms with Crippen molar-refractivity contribution < 1.29 is 0 Å². The molecular formula is C10H13N. The van der Waals surface area contributed by atoms with Crippen LogP contribution in [0.1, 0.15) is 20.3 Å². The molecule has 1 heteroatoms. The van der Waals surface area contributed by atoms with Gasteiger partial charge in [0, 0.05) is 0 Å². The maximum Gasteiger partial charge on any atom is 0.0634 e. The molecule has 0 aromatic rings. The van der Waals surface area contributed by atoms with Gasteiger partial charge in [-0.05, 0) is 31.4 Å². The van der Waals surface area contributed by atoms with E-state index < -0.39 is 0 Å². The van der Waals surface area contributed by atoms with E-state index >= 15 is 0 Å². The lowest BCUT2D eigenvalue weighted by molar-refractivity contribution is 1.40. The SMILES string of the molecule is C/C=C(/C)C(=N)C1=CCC=C1. The Morgan fingerprint density at radius 3 is 2.82 bits per heavy atom. The summed E-state index contributed by atoms with van der Waals surface area (Å²) in [7, 11) is 0. The molecule has 1 aliphatic carbocycles. The highest BCUT2D eigenvalue weighted by Crippen LogP contribution is 2.14. The molecule has 0 aromatic heterocycles. The molecule has 0 saturated heterocycles. The molecule has 0 amide bonds. The second-order valence-corrected chi connectivity index (χ2v) is 2.64. The molecule has 0 radical (unpaired) electrons. The van der Waals surface area contributed by atoms with Crippen LogP contribution in [0.4, 0.5) is 0 Å². The van der Waals surface area contributed by atoms with Crippen molar-refractivity contribution in [1.29, 1.82) is 5.41 Å². The van der Waals surface area contributed by atoms with Gasteiger partial charge >= 0.3 is 0 Å². The highest BCUT2D eigenvalue weighted by Gasteiger charge is 2.05. The van der Waals surface area contributed by atoms with Gasteiger partial charge in [-0.1, -0.05) is 24.3 Å². The van der Waals surface area contributed by atoms with Gasteiger partial charge in [-0.2, -0.15) is 0 Å². The number of hydrogen-bond donors (Lipinski definition) is 1. The van der Waals surface area contributed by atoms with Crippen LogP contribution in [0.2, 0.25) is 0 Å². The van der Waals surface area contributed by atoms with Gasteiger partial charge in [0.25, 0.3) is 0 Å². The van der Waals surface area contributed by atoms with E-state index in [1.54, 1.807) is 0 Å². The van der Waals surface area contributed by atoms with E-state index in [0.717, 1.165) is 17.6 Å². The van der Waals surface area contributed by atoms with Gasteiger partial charge in [-0.15, -0.1) is 0 Å². The van der Waals surface area contributed by atoms with Crippen molar-refractivity contribution >= 4 is 5.71 Å². The van der Waals surface area contributed by atoms with E-state index in [4.69, 9.17) is 5.41 Å². The maximum absolute atomic E-state index is 7.70. The second-order valence-electron chi connectivity index (χ2n) is 2.64. The minimum Gasteiger partial charge on any atom is -0.300 e. The summed E-state index contributed by atoms with van der Waals surface area (Å²) < 4.78 is 0. The summed E-state index contributed by atoms with van der Waals surface area (Å²) in [4.78, 5) is 0. The molecule has 0 unspecified atom stereocenters. The molecule has 0 aromatic carbocycles. The summed E-state index contributed by atoms with van der Waals surface area (Å²) in [6.45, 7) is 3.93. The maximum atomic E-state index is 7.70. The summed E-state index contributed by atoms with van der Waals surface area (Å²) in [6.07, 6.45) is 9.11. The first kappa shape index (κ1) is 7.99. The lowest BCUT2D eigenvalue weighted by Gasteiger charge is -2.01. The molecule has 0 fully saturated rings. The van der Waals surface area contributed by atoms with Crippen molar-refractivity contribution in [3.8, 4) is 0 Å². The highest BCUT2D eigenvalue weighted by molar-refractivity contribution is 6.11. The average molecular weight is 147 g/mol. The van der Waals surface area contributed by atoms with E-state index in [1.165, 1.54) is 0 Å². The van der Waals surface area contributed by atoms with Gasteiger partial charge < -0.3 is 5.41 Å². The van der Waals surface area contributed by atoms with Crippen molar-refractivity contribution in [2.45, 2.75) is 20.3 Å². The molecule has 0 atom stereocenters. The number of rotatable bonds is 2. The zero-order valence-corrected chi connectivity index (χ0v) is 7.02. The standard InChI is InChI=1S/C10H13N/c1-3-8(2)10(11)9-6-4-5-7-9/h3-4,6-7,11H,5H2,1-2H3/b8-3-,11-10?. The number of allylic oxidation sites excluding steroid dienone is 6. The molecule has 1 nitrogen and oxygen atoms in total. The molecule has 58 valence electrons. The third kappa shape index (κ3) is 1.67. The topological polar surface area (TPSA) is 23.9 Å². The van der Waals surface area contributed by atoms with Gasteiger partial charge in [0.15, 0.2) is 0 Å².